The van der Waals surface area contributed by atoms with Gasteiger partial charge in [0.2, 0.25) is 15.9 Å². The van der Waals surface area contributed by atoms with Crippen molar-refractivity contribution in [1.29, 1.82) is 0 Å². The van der Waals surface area contributed by atoms with Gasteiger partial charge in [-0.2, -0.15) is 4.31 Å². The molecule has 24 heavy (non-hydrogen) atoms. The molecule has 1 aromatic carbocycles. The second-order valence-corrected chi connectivity index (χ2v) is 7.39. The molecule has 0 fully saturated rings. The normalized spacial score (nSPS) is 11.5. The van der Waals surface area contributed by atoms with Crippen LogP contribution in [-0.4, -0.2) is 38.8 Å². The third kappa shape index (κ3) is 5.21. The minimum absolute atomic E-state index is 0.140. The van der Waals surface area contributed by atoms with Crippen molar-refractivity contribution in [3.63, 3.8) is 0 Å². The van der Waals surface area contributed by atoms with Crippen molar-refractivity contribution >= 4 is 21.6 Å². The topological polar surface area (TPSA) is 75.7 Å². The van der Waals surface area contributed by atoms with Gasteiger partial charge in [0.15, 0.2) is 0 Å². The summed E-state index contributed by atoms with van der Waals surface area (Å²) in [6, 6.07) is 4.53. The summed E-state index contributed by atoms with van der Waals surface area (Å²) in [6.45, 7) is 6.44. The molecule has 0 aliphatic carbocycles. The minimum atomic E-state index is -3.58. The lowest BCUT2D eigenvalue weighted by molar-refractivity contribution is -0.116. The summed E-state index contributed by atoms with van der Waals surface area (Å²) in [5.41, 5.74) is 0.382. The van der Waals surface area contributed by atoms with Crippen LogP contribution in [-0.2, 0) is 14.8 Å². The molecule has 0 atom stereocenters. The molecule has 0 unspecified atom stereocenters. The van der Waals surface area contributed by atoms with Crippen molar-refractivity contribution < 1.29 is 17.9 Å². The Morgan fingerprint density at radius 1 is 1.17 bits per heavy atom. The molecule has 0 aliphatic rings. The predicted molar refractivity (Wildman–Crippen MR) is 95.9 cm³/mol. The van der Waals surface area contributed by atoms with Gasteiger partial charge in [0.1, 0.15) is 5.75 Å². The molecule has 1 amide bonds. The quantitative estimate of drug-likeness (QED) is 0.653. The fourth-order valence-corrected chi connectivity index (χ4v) is 3.89. The summed E-state index contributed by atoms with van der Waals surface area (Å²) in [7, 11) is -2.09. The summed E-state index contributed by atoms with van der Waals surface area (Å²) < 4.78 is 31.8. The number of methoxy groups -OCH3 is 1. The first kappa shape index (κ1) is 20.4. The monoisotopic (exact) mass is 356 g/mol. The van der Waals surface area contributed by atoms with Crippen molar-refractivity contribution in [3.8, 4) is 5.75 Å². The molecular weight excluding hydrogens is 328 g/mol. The van der Waals surface area contributed by atoms with Crippen LogP contribution in [0.3, 0.4) is 0 Å². The highest BCUT2D eigenvalue weighted by Crippen LogP contribution is 2.29. The lowest BCUT2D eigenvalue weighted by Crippen LogP contribution is -2.30. The van der Waals surface area contributed by atoms with Crippen molar-refractivity contribution in [2.24, 2.45) is 0 Å². The maximum absolute atomic E-state index is 12.6. The zero-order chi connectivity index (χ0) is 18.2. The molecule has 0 heterocycles. The standard InChI is InChI=1S/C17H28N2O4S/c1-5-8-9-10-17(20)18-15-13-14(11-12-16(15)23-4)24(21,22)19(6-2)7-3/h11-13H,5-10H2,1-4H3,(H,18,20). The number of nitrogens with one attached hydrogen (secondary N) is 1. The first-order valence-corrected chi connectivity index (χ1v) is 9.82. The lowest BCUT2D eigenvalue weighted by atomic mass is 10.2. The molecule has 1 N–H and O–H groups in total. The van der Waals surface area contributed by atoms with E-state index in [1.807, 2.05) is 0 Å². The summed E-state index contributed by atoms with van der Waals surface area (Å²) in [4.78, 5) is 12.2. The number of hydrogen-bond donors (Lipinski definition) is 1. The Morgan fingerprint density at radius 2 is 1.83 bits per heavy atom. The molecule has 0 radical (unpaired) electrons. The largest absolute Gasteiger partial charge is 0.495 e. The van der Waals surface area contributed by atoms with Crippen molar-refractivity contribution in [1.82, 2.24) is 4.31 Å². The second kappa shape index (κ2) is 9.64. The van der Waals surface area contributed by atoms with Gasteiger partial charge in [0.25, 0.3) is 0 Å². The number of sulfonamides is 1. The van der Waals surface area contributed by atoms with Crippen molar-refractivity contribution in [2.75, 3.05) is 25.5 Å². The van der Waals surface area contributed by atoms with Crippen LogP contribution in [0.5, 0.6) is 5.75 Å². The number of unbranched alkanes of at least 4 members (excludes halogenated alkanes) is 2. The van der Waals surface area contributed by atoms with E-state index in [1.165, 1.54) is 23.5 Å². The molecule has 0 bridgehead atoms. The molecule has 6 nitrogen and oxygen atoms in total. The third-order valence-electron chi connectivity index (χ3n) is 3.80. The minimum Gasteiger partial charge on any atom is -0.495 e. The van der Waals surface area contributed by atoms with E-state index < -0.39 is 10.0 Å². The van der Waals surface area contributed by atoms with Crippen LogP contribution in [0.1, 0.15) is 46.5 Å². The van der Waals surface area contributed by atoms with Gasteiger partial charge in [-0.25, -0.2) is 8.42 Å². The zero-order valence-electron chi connectivity index (χ0n) is 15.0. The maximum atomic E-state index is 12.6. The highest BCUT2D eigenvalue weighted by Gasteiger charge is 2.23. The first-order valence-electron chi connectivity index (χ1n) is 8.38. The number of anilines is 1. The summed E-state index contributed by atoms with van der Waals surface area (Å²) in [5.74, 6) is 0.302. The Morgan fingerprint density at radius 3 is 2.38 bits per heavy atom. The molecule has 0 aromatic heterocycles. The number of hydrogen-bond acceptors (Lipinski definition) is 4. The van der Waals surface area contributed by atoms with Gasteiger partial charge in [-0.3, -0.25) is 4.79 Å². The average Bonchev–Trinajstić information content (AvgIpc) is 2.55. The smallest absolute Gasteiger partial charge is 0.243 e. The van der Waals surface area contributed by atoms with Gasteiger partial charge in [-0.05, 0) is 24.6 Å². The third-order valence-corrected chi connectivity index (χ3v) is 5.84. The van der Waals surface area contributed by atoms with Crippen LogP contribution >= 0.6 is 0 Å². The summed E-state index contributed by atoms with van der Waals surface area (Å²) in [6.07, 6.45) is 3.24. The SMILES string of the molecule is CCCCCC(=O)Nc1cc(S(=O)(=O)N(CC)CC)ccc1OC. The Hall–Kier alpha value is -1.60. The highest BCUT2D eigenvalue weighted by atomic mass is 32.2. The molecular formula is C17H28N2O4S. The molecule has 1 aromatic rings. The molecule has 0 aliphatic heterocycles. The van der Waals surface area contributed by atoms with Crippen molar-refractivity contribution in [2.45, 2.75) is 51.3 Å². The number of carbonyl (C=O) groups is 1. The fourth-order valence-electron chi connectivity index (χ4n) is 2.41. The Labute approximate surface area is 145 Å². The predicted octanol–water partition coefficient (Wildman–Crippen LogP) is 3.24. The van der Waals surface area contributed by atoms with E-state index >= 15 is 0 Å². The second-order valence-electron chi connectivity index (χ2n) is 5.46. The molecule has 136 valence electrons. The van der Waals surface area contributed by atoms with Gasteiger partial charge < -0.3 is 10.1 Å². The van der Waals surface area contributed by atoms with Crippen LogP contribution in [0.25, 0.3) is 0 Å². The highest BCUT2D eigenvalue weighted by molar-refractivity contribution is 7.89. The van der Waals surface area contributed by atoms with E-state index in [0.29, 0.717) is 30.9 Å². The van der Waals surface area contributed by atoms with Gasteiger partial charge in [0, 0.05) is 19.5 Å². The van der Waals surface area contributed by atoms with E-state index in [1.54, 1.807) is 19.9 Å². The first-order chi connectivity index (χ1) is 11.4. The fraction of sp³-hybridized carbons (Fsp3) is 0.588. The summed E-state index contributed by atoms with van der Waals surface area (Å²) >= 11 is 0. The maximum Gasteiger partial charge on any atom is 0.243 e. The van der Waals surface area contributed by atoms with Gasteiger partial charge in [-0.15, -0.1) is 0 Å². The summed E-state index contributed by atoms with van der Waals surface area (Å²) in [5, 5.41) is 2.76. The van der Waals surface area contributed by atoms with Crippen LogP contribution in [0.2, 0.25) is 0 Å². The molecule has 0 saturated heterocycles. The number of benzene rings is 1. The van der Waals surface area contributed by atoms with E-state index in [0.717, 1.165) is 19.3 Å². The molecule has 0 spiro atoms. The van der Waals surface area contributed by atoms with E-state index in [-0.39, 0.29) is 10.8 Å². The number of nitrogens with zero attached hydrogens (tertiary/aromatic N) is 1. The van der Waals surface area contributed by atoms with E-state index in [9.17, 15) is 13.2 Å². The van der Waals surface area contributed by atoms with Crippen molar-refractivity contribution in [3.05, 3.63) is 18.2 Å². The van der Waals surface area contributed by atoms with Gasteiger partial charge in [-0.1, -0.05) is 33.6 Å². The number of amides is 1. The number of rotatable bonds is 10. The zero-order valence-corrected chi connectivity index (χ0v) is 15.8. The molecule has 7 heteroatoms. The molecule has 0 saturated carbocycles. The average molecular weight is 356 g/mol. The molecule has 1 rings (SSSR count). The van der Waals surface area contributed by atoms with Crippen LogP contribution in [0.15, 0.2) is 23.1 Å². The number of ether oxygens (including phenoxy) is 1. The number of carbonyl (C=O) groups excluding carboxylic acids is 1. The van der Waals surface area contributed by atoms with Crippen LogP contribution < -0.4 is 10.1 Å². The van der Waals surface area contributed by atoms with Crippen LogP contribution in [0.4, 0.5) is 5.69 Å². The Kier molecular flexibility index (Phi) is 8.21. The van der Waals surface area contributed by atoms with Crippen LogP contribution in [0, 0.1) is 0 Å². The van der Waals surface area contributed by atoms with E-state index in [2.05, 4.69) is 12.2 Å². The lowest BCUT2D eigenvalue weighted by Gasteiger charge is -2.19. The van der Waals surface area contributed by atoms with E-state index in [4.69, 9.17) is 4.74 Å². The Bertz CT molecular complexity index is 640. The Balaban J connectivity index is 3.06. The van der Waals surface area contributed by atoms with Gasteiger partial charge >= 0.3 is 0 Å². The van der Waals surface area contributed by atoms with Gasteiger partial charge in [0.05, 0.1) is 17.7 Å².